The monoisotopic (exact) mass is 334 g/mol. The first-order valence-corrected chi connectivity index (χ1v) is 8.63. The Bertz CT molecular complexity index is 830. The van der Waals surface area contributed by atoms with Crippen molar-refractivity contribution in [3.05, 3.63) is 72.3 Å². The maximum Gasteiger partial charge on any atom is 0.114 e. The first kappa shape index (κ1) is 16.0. The SMILES string of the molecule is Cn1nccc1[C@H]1OCC[C@@H]1NCc1cccc(-c2cccnc2)c1. The summed E-state index contributed by atoms with van der Waals surface area (Å²) in [6.07, 6.45) is 6.60. The van der Waals surface area contributed by atoms with Crippen LogP contribution in [0, 0.1) is 0 Å². The predicted molar refractivity (Wildman–Crippen MR) is 96.8 cm³/mol. The zero-order valence-electron chi connectivity index (χ0n) is 14.3. The molecule has 2 atom stereocenters. The van der Waals surface area contributed by atoms with Crippen LogP contribution in [-0.4, -0.2) is 27.4 Å². The summed E-state index contributed by atoms with van der Waals surface area (Å²) in [7, 11) is 1.96. The molecule has 1 aliphatic rings. The molecule has 0 bridgehead atoms. The molecule has 128 valence electrons. The molecule has 0 amide bonds. The van der Waals surface area contributed by atoms with Crippen LogP contribution < -0.4 is 5.32 Å². The molecule has 0 spiro atoms. The van der Waals surface area contributed by atoms with Crippen LogP contribution >= 0.6 is 0 Å². The highest BCUT2D eigenvalue weighted by Crippen LogP contribution is 2.29. The molecule has 1 saturated heterocycles. The van der Waals surface area contributed by atoms with Gasteiger partial charge in [-0.1, -0.05) is 24.3 Å². The van der Waals surface area contributed by atoms with Crippen LogP contribution in [-0.2, 0) is 18.3 Å². The first-order valence-electron chi connectivity index (χ1n) is 8.63. The minimum atomic E-state index is 0.0639. The lowest BCUT2D eigenvalue weighted by molar-refractivity contribution is 0.0919. The van der Waals surface area contributed by atoms with Crippen LogP contribution in [0.3, 0.4) is 0 Å². The standard InChI is InChI=1S/C20H22N4O/c1-24-19(7-10-23-24)20-18(8-11-25-20)22-13-15-4-2-5-16(12-15)17-6-3-9-21-14-17/h2-7,9-10,12,14,18,20,22H,8,11,13H2,1H3/t18-,20-/m0/s1. The summed E-state index contributed by atoms with van der Waals surface area (Å²) in [5.74, 6) is 0. The van der Waals surface area contributed by atoms with Crippen molar-refractivity contribution >= 4 is 0 Å². The molecule has 4 rings (SSSR count). The van der Waals surface area contributed by atoms with E-state index in [0.29, 0.717) is 6.04 Å². The van der Waals surface area contributed by atoms with Crippen LogP contribution in [0.4, 0.5) is 0 Å². The van der Waals surface area contributed by atoms with Crippen molar-refractivity contribution in [1.29, 1.82) is 0 Å². The van der Waals surface area contributed by atoms with E-state index >= 15 is 0 Å². The van der Waals surface area contributed by atoms with E-state index in [1.807, 2.05) is 36.3 Å². The lowest BCUT2D eigenvalue weighted by atomic mass is 10.0. The lowest BCUT2D eigenvalue weighted by Crippen LogP contribution is -2.32. The van der Waals surface area contributed by atoms with Crippen molar-refractivity contribution in [2.45, 2.75) is 25.1 Å². The van der Waals surface area contributed by atoms with Gasteiger partial charge in [0.05, 0.1) is 5.69 Å². The van der Waals surface area contributed by atoms with Gasteiger partial charge in [-0.2, -0.15) is 5.10 Å². The van der Waals surface area contributed by atoms with E-state index in [9.17, 15) is 0 Å². The number of ether oxygens (including phenoxy) is 1. The Labute approximate surface area is 147 Å². The summed E-state index contributed by atoms with van der Waals surface area (Å²) in [4.78, 5) is 4.21. The number of nitrogens with one attached hydrogen (secondary N) is 1. The average Bonchev–Trinajstić information content (AvgIpc) is 3.29. The molecule has 1 aromatic carbocycles. The summed E-state index contributed by atoms with van der Waals surface area (Å²) in [6, 6.07) is 15.0. The normalized spacial score (nSPS) is 20.0. The second-order valence-electron chi connectivity index (χ2n) is 6.39. The number of benzene rings is 1. The predicted octanol–water partition coefficient (Wildman–Crippen LogP) is 3.10. The molecule has 3 aromatic rings. The fraction of sp³-hybridized carbons (Fsp3) is 0.300. The fourth-order valence-corrected chi connectivity index (χ4v) is 3.40. The van der Waals surface area contributed by atoms with Crippen molar-refractivity contribution in [3.8, 4) is 11.1 Å². The number of pyridine rings is 1. The third kappa shape index (κ3) is 3.48. The van der Waals surface area contributed by atoms with Gasteiger partial charge < -0.3 is 10.1 Å². The second kappa shape index (κ2) is 7.17. The molecular formula is C20H22N4O. The maximum atomic E-state index is 5.94. The molecule has 1 aliphatic heterocycles. The molecule has 0 radical (unpaired) electrons. The number of rotatable bonds is 5. The van der Waals surface area contributed by atoms with E-state index in [0.717, 1.165) is 30.8 Å². The Morgan fingerprint density at radius 3 is 2.88 bits per heavy atom. The summed E-state index contributed by atoms with van der Waals surface area (Å²) in [6.45, 7) is 1.60. The minimum absolute atomic E-state index is 0.0639. The average molecular weight is 334 g/mol. The molecule has 3 heterocycles. The quantitative estimate of drug-likeness (QED) is 0.779. The Hall–Kier alpha value is -2.50. The molecule has 5 nitrogen and oxygen atoms in total. The summed E-state index contributed by atoms with van der Waals surface area (Å²) < 4.78 is 7.84. The Morgan fingerprint density at radius 2 is 2.08 bits per heavy atom. The zero-order valence-corrected chi connectivity index (χ0v) is 14.3. The van der Waals surface area contributed by atoms with E-state index in [4.69, 9.17) is 4.74 Å². The number of aryl methyl sites for hydroxylation is 1. The van der Waals surface area contributed by atoms with Crippen LogP contribution in [0.15, 0.2) is 61.1 Å². The largest absolute Gasteiger partial charge is 0.370 e. The van der Waals surface area contributed by atoms with Gasteiger partial charge in [0, 0.05) is 44.8 Å². The van der Waals surface area contributed by atoms with Gasteiger partial charge in [-0.05, 0) is 41.3 Å². The van der Waals surface area contributed by atoms with Gasteiger partial charge in [0.2, 0.25) is 0 Å². The molecule has 1 N–H and O–H groups in total. The van der Waals surface area contributed by atoms with E-state index in [1.165, 1.54) is 11.1 Å². The smallest absolute Gasteiger partial charge is 0.114 e. The topological polar surface area (TPSA) is 52.0 Å². The van der Waals surface area contributed by atoms with Crippen molar-refractivity contribution in [3.63, 3.8) is 0 Å². The van der Waals surface area contributed by atoms with E-state index in [2.05, 4.69) is 45.7 Å². The molecule has 0 aliphatic carbocycles. The molecule has 25 heavy (non-hydrogen) atoms. The zero-order chi connectivity index (χ0) is 17.1. The van der Waals surface area contributed by atoms with Crippen LogP contribution in [0.2, 0.25) is 0 Å². The minimum Gasteiger partial charge on any atom is -0.370 e. The van der Waals surface area contributed by atoms with Gasteiger partial charge in [-0.15, -0.1) is 0 Å². The van der Waals surface area contributed by atoms with Gasteiger partial charge in [-0.25, -0.2) is 0 Å². The highest BCUT2D eigenvalue weighted by atomic mass is 16.5. The van der Waals surface area contributed by atoms with Crippen molar-refractivity contribution in [1.82, 2.24) is 20.1 Å². The molecule has 2 aromatic heterocycles. The molecule has 0 unspecified atom stereocenters. The van der Waals surface area contributed by atoms with E-state index in [-0.39, 0.29) is 6.10 Å². The molecule has 0 saturated carbocycles. The van der Waals surface area contributed by atoms with Gasteiger partial charge in [0.15, 0.2) is 0 Å². The van der Waals surface area contributed by atoms with Gasteiger partial charge in [0.25, 0.3) is 0 Å². The summed E-state index contributed by atoms with van der Waals surface area (Å²) >= 11 is 0. The molecular weight excluding hydrogens is 312 g/mol. The second-order valence-corrected chi connectivity index (χ2v) is 6.39. The highest BCUT2D eigenvalue weighted by molar-refractivity contribution is 5.62. The summed E-state index contributed by atoms with van der Waals surface area (Å²) in [5.41, 5.74) is 4.72. The third-order valence-electron chi connectivity index (χ3n) is 4.73. The maximum absolute atomic E-state index is 5.94. The number of hydrogen-bond acceptors (Lipinski definition) is 4. The molecule has 1 fully saturated rings. The first-order chi connectivity index (χ1) is 12.3. The van der Waals surface area contributed by atoms with Gasteiger partial charge in [0.1, 0.15) is 6.10 Å². The Morgan fingerprint density at radius 1 is 1.16 bits per heavy atom. The number of aromatic nitrogens is 3. The van der Waals surface area contributed by atoms with E-state index < -0.39 is 0 Å². The Balaban J connectivity index is 1.45. The van der Waals surface area contributed by atoms with Crippen LogP contribution in [0.5, 0.6) is 0 Å². The molecule has 5 heteroatoms. The van der Waals surface area contributed by atoms with Gasteiger partial charge in [-0.3, -0.25) is 9.67 Å². The van der Waals surface area contributed by atoms with Crippen LogP contribution in [0.1, 0.15) is 23.8 Å². The summed E-state index contributed by atoms with van der Waals surface area (Å²) in [5, 5.41) is 7.92. The lowest BCUT2D eigenvalue weighted by Gasteiger charge is -2.20. The van der Waals surface area contributed by atoms with Crippen LogP contribution in [0.25, 0.3) is 11.1 Å². The van der Waals surface area contributed by atoms with Crippen molar-refractivity contribution in [2.24, 2.45) is 7.05 Å². The third-order valence-corrected chi connectivity index (χ3v) is 4.73. The number of hydrogen-bond donors (Lipinski definition) is 1. The van der Waals surface area contributed by atoms with E-state index in [1.54, 1.807) is 6.20 Å². The van der Waals surface area contributed by atoms with Gasteiger partial charge >= 0.3 is 0 Å². The number of nitrogens with zero attached hydrogens (tertiary/aromatic N) is 3. The fourth-order valence-electron chi connectivity index (χ4n) is 3.40. The highest BCUT2D eigenvalue weighted by Gasteiger charge is 2.31. The van der Waals surface area contributed by atoms with Crippen molar-refractivity contribution < 1.29 is 4.74 Å². The Kier molecular flexibility index (Phi) is 4.59. The van der Waals surface area contributed by atoms with Crippen molar-refractivity contribution in [2.75, 3.05) is 6.61 Å².